The van der Waals surface area contributed by atoms with Crippen LogP contribution in [0, 0.1) is 11.6 Å². The van der Waals surface area contributed by atoms with E-state index in [4.69, 9.17) is 5.73 Å². The van der Waals surface area contributed by atoms with E-state index in [1.807, 2.05) is 0 Å². The molecule has 0 aliphatic heterocycles. The average Bonchev–Trinajstić information content (AvgIpc) is 2.40. The van der Waals surface area contributed by atoms with Crippen LogP contribution in [-0.4, -0.2) is 14.7 Å². The standard InChI is InChI=1S/C14H13F2NO2S/c1-20(18,19)11-4-2-3-9(7-11)14(17)10-5-6-12(15)13(16)8-10/h2-8,14H,17H2,1H3/t14-/m0/s1. The van der Waals surface area contributed by atoms with Crippen LogP contribution in [0.15, 0.2) is 47.4 Å². The quantitative estimate of drug-likeness (QED) is 0.946. The van der Waals surface area contributed by atoms with E-state index in [9.17, 15) is 17.2 Å². The van der Waals surface area contributed by atoms with E-state index < -0.39 is 27.5 Å². The van der Waals surface area contributed by atoms with Gasteiger partial charge in [-0.15, -0.1) is 0 Å². The van der Waals surface area contributed by atoms with Crippen molar-refractivity contribution in [3.8, 4) is 0 Å². The summed E-state index contributed by atoms with van der Waals surface area (Å²) in [6.07, 6.45) is 1.09. The fraction of sp³-hybridized carbons (Fsp3) is 0.143. The summed E-state index contributed by atoms with van der Waals surface area (Å²) in [6.45, 7) is 0. The summed E-state index contributed by atoms with van der Waals surface area (Å²) in [5.74, 6) is -1.94. The Kier molecular flexibility index (Phi) is 3.87. The van der Waals surface area contributed by atoms with Gasteiger partial charge in [-0.25, -0.2) is 17.2 Å². The highest BCUT2D eigenvalue weighted by atomic mass is 32.2. The Hall–Kier alpha value is -1.79. The second-order valence-corrected chi connectivity index (χ2v) is 6.51. The molecule has 0 unspecified atom stereocenters. The van der Waals surface area contributed by atoms with Crippen molar-refractivity contribution in [2.75, 3.05) is 6.26 Å². The number of halogens is 2. The lowest BCUT2D eigenvalue weighted by Crippen LogP contribution is -2.13. The predicted octanol–water partition coefficient (Wildman–Crippen LogP) is 2.42. The van der Waals surface area contributed by atoms with Gasteiger partial charge in [0.15, 0.2) is 21.5 Å². The monoisotopic (exact) mass is 297 g/mol. The summed E-state index contributed by atoms with van der Waals surface area (Å²) in [5.41, 5.74) is 6.85. The summed E-state index contributed by atoms with van der Waals surface area (Å²) in [4.78, 5) is 0.132. The van der Waals surface area contributed by atoms with E-state index in [0.717, 1.165) is 18.4 Å². The van der Waals surface area contributed by atoms with Crippen LogP contribution in [0.2, 0.25) is 0 Å². The van der Waals surface area contributed by atoms with Gasteiger partial charge in [0.2, 0.25) is 0 Å². The number of benzene rings is 2. The van der Waals surface area contributed by atoms with Crippen LogP contribution in [-0.2, 0) is 9.84 Å². The van der Waals surface area contributed by atoms with Crippen molar-refractivity contribution in [2.45, 2.75) is 10.9 Å². The molecule has 0 saturated heterocycles. The SMILES string of the molecule is CS(=O)(=O)c1cccc([C@H](N)c2ccc(F)c(F)c2)c1. The van der Waals surface area contributed by atoms with Crippen molar-refractivity contribution in [1.82, 2.24) is 0 Å². The van der Waals surface area contributed by atoms with Crippen molar-refractivity contribution >= 4 is 9.84 Å². The average molecular weight is 297 g/mol. The van der Waals surface area contributed by atoms with Crippen molar-refractivity contribution in [3.63, 3.8) is 0 Å². The maximum Gasteiger partial charge on any atom is 0.175 e. The van der Waals surface area contributed by atoms with E-state index in [1.165, 1.54) is 18.2 Å². The molecule has 0 aliphatic rings. The van der Waals surface area contributed by atoms with Crippen LogP contribution in [0.3, 0.4) is 0 Å². The first-order valence-corrected chi connectivity index (χ1v) is 7.69. The van der Waals surface area contributed by atoms with Crippen LogP contribution >= 0.6 is 0 Å². The van der Waals surface area contributed by atoms with Crippen LogP contribution in [0.1, 0.15) is 17.2 Å². The molecule has 20 heavy (non-hydrogen) atoms. The van der Waals surface area contributed by atoms with Gasteiger partial charge in [0.05, 0.1) is 10.9 Å². The van der Waals surface area contributed by atoms with Gasteiger partial charge < -0.3 is 5.73 Å². The number of nitrogens with two attached hydrogens (primary N) is 1. The van der Waals surface area contributed by atoms with Crippen LogP contribution in [0.25, 0.3) is 0 Å². The molecular weight excluding hydrogens is 284 g/mol. The maximum absolute atomic E-state index is 13.2. The highest BCUT2D eigenvalue weighted by Crippen LogP contribution is 2.23. The second-order valence-electron chi connectivity index (χ2n) is 4.50. The summed E-state index contributed by atoms with van der Waals surface area (Å²) in [7, 11) is -3.35. The first kappa shape index (κ1) is 14.6. The number of sulfone groups is 1. The molecule has 3 nitrogen and oxygen atoms in total. The molecule has 0 fully saturated rings. The Morgan fingerprint density at radius 2 is 1.65 bits per heavy atom. The van der Waals surface area contributed by atoms with Crippen molar-refractivity contribution in [3.05, 3.63) is 65.2 Å². The van der Waals surface area contributed by atoms with Crippen LogP contribution < -0.4 is 5.73 Å². The lowest BCUT2D eigenvalue weighted by Gasteiger charge is -2.13. The molecule has 2 rings (SSSR count). The molecule has 0 bridgehead atoms. The highest BCUT2D eigenvalue weighted by molar-refractivity contribution is 7.90. The highest BCUT2D eigenvalue weighted by Gasteiger charge is 2.14. The number of hydrogen-bond donors (Lipinski definition) is 1. The van der Waals surface area contributed by atoms with Gasteiger partial charge in [0.1, 0.15) is 0 Å². The zero-order chi connectivity index (χ0) is 14.9. The first-order chi connectivity index (χ1) is 9.29. The zero-order valence-corrected chi connectivity index (χ0v) is 11.5. The van der Waals surface area contributed by atoms with Gasteiger partial charge in [-0.2, -0.15) is 0 Å². The molecule has 2 aromatic carbocycles. The Morgan fingerprint density at radius 1 is 1.00 bits per heavy atom. The molecule has 2 N–H and O–H groups in total. The molecule has 2 aromatic rings. The third-order valence-electron chi connectivity index (χ3n) is 2.95. The lowest BCUT2D eigenvalue weighted by molar-refractivity contribution is 0.506. The van der Waals surface area contributed by atoms with Gasteiger partial charge in [0.25, 0.3) is 0 Å². The molecule has 0 spiro atoms. The van der Waals surface area contributed by atoms with E-state index in [2.05, 4.69) is 0 Å². The molecule has 1 atom stereocenters. The lowest BCUT2D eigenvalue weighted by atomic mass is 9.99. The van der Waals surface area contributed by atoms with Gasteiger partial charge >= 0.3 is 0 Å². The van der Waals surface area contributed by atoms with Crippen molar-refractivity contribution < 1.29 is 17.2 Å². The molecule has 0 heterocycles. The summed E-state index contributed by atoms with van der Waals surface area (Å²) in [6, 6.07) is 8.73. The Balaban J connectivity index is 2.43. The van der Waals surface area contributed by atoms with Crippen LogP contribution in [0.5, 0.6) is 0 Å². The molecule has 6 heteroatoms. The first-order valence-electron chi connectivity index (χ1n) is 5.79. The Bertz CT molecular complexity index is 745. The largest absolute Gasteiger partial charge is 0.320 e. The van der Waals surface area contributed by atoms with Crippen LogP contribution in [0.4, 0.5) is 8.78 Å². The fourth-order valence-corrected chi connectivity index (χ4v) is 2.51. The van der Waals surface area contributed by atoms with Crippen molar-refractivity contribution in [1.29, 1.82) is 0 Å². The summed E-state index contributed by atoms with van der Waals surface area (Å²) < 4.78 is 49.1. The molecule has 106 valence electrons. The molecular formula is C14H13F2NO2S. The second kappa shape index (κ2) is 5.30. The van der Waals surface area contributed by atoms with Gasteiger partial charge in [-0.05, 0) is 35.4 Å². The minimum absolute atomic E-state index is 0.132. The molecule has 0 amide bonds. The predicted molar refractivity (Wildman–Crippen MR) is 71.9 cm³/mol. The van der Waals surface area contributed by atoms with E-state index in [1.54, 1.807) is 12.1 Å². The minimum atomic E-state index is -3.35. The zero-order valence-electron chi connectivity index (χ0n) is 10.7. The molecule has 0 aliphatic carbocycles. The molecule has 0 radical (unpaired) electrons. The Labute approximate surface area is 116 Å². The third kappa shape index (κ3) is 3.02. The van der Waals surface area contributed by atoms with Crippen molar-refractivity contribution in [2.24, 2.45) is 5.73 Å². The topological polar surface area (TPSA) is 60.2 Å². The van der Waals surface area contributed by atoms with E-state index in [-0.39, 0.29) is 4.90 Å². The Morgan fingerprint density at radius 3 is 2.25 bits per heavy atom. The maximum atomic E-state index is 13.2. The third-order valence-corrected chi connectivity index (χ3v) is 4.06. The number of rotatable bonds is 3. The smallest absolute Gasteiger partial charge is 0.175 e. The van der Waals surface area contributed by atoms with E-state index in [0.29, 0.717) is 11.1 Å². The minimum Gasteiger partial charge on any atom is -0.320 e. The van der Waals surface area contributed by atoms with Gasteiger partial charge in [-0.1, -0.05) is 18.2 Å². The molecule has 0 aromatic heterocycles. The summed E-state index contributed by atoms with van der Waals surface area (Å²) >= 11 is 0. The fourth-order valence-electron chi connectivity index (χ4n) is 1.84. The van der Waals surface area contributed by atoms with Gasteiger partial charge in [0, 0.05) is 6.26 Å². The normalized spacial score (nSPS) is 13.2. The molecule has 0 saturated carbocycles. The summed E-state index contributed by atoms with van der Waals surface area (Å²) in [5, 5.41) is 0. The van der Waals surface area contributed by atoms with Gasteiger partial charge in [-0.3, -0.25) is 0 Å². The van der Waals surface area contributed by atoms with E-state index >= 15 is 0 Å². The number of hydrogen-bond acceptors (Lipinski definition) is 3.